The average molecular weight is 346 g/mol. The fourth-order valence-electron chi connectivity index (χ4n) is 2.46. The van der Waals surface area contributed by atoms with Gasteiger partial charge in [0.2, 0.25) is 0 Å². The molecule has 0 atom stereocenters. The smallest absolute Gasteiger partial charge is 0.327 e. The molecule has 0 aromatic carbocycles. The minimum Gasteiger partial charge on any atom is -0.478 e. The maximum atomic E-state index is 10.2. The van der Waals surface area contributed by atoms with Crippen LogP contribution in [0.4, 0.5) is 0 Å². The number of hydrogen-bond acceptors (Lipinski definition) is 1. The van der Waals surface area contributed by atoms with Crippen LogP contribution in [0.25, 0.3) is 0 Å². The Balaban J connectivity index is 0. The van der Waals surface area contributed by atoms with Crippen LogP contribution in [-0.4, -0.2) is 11.1 Å². The van der Waals surface area contributed by atoms with E-state index in [4.69, 9.17) is 5.11 Å². The van der Waals surface area contributed by atoms with Crippen LogP contribution >= 0.6 is 0 Å². The Morgan fingerprint density at radius 1 is 0.762 bits per heavy atom. The van der Waals surface area contributed by atoms with Crippen molar-refractivity contribution < 1.29 is 27.0 Å². The number of hydrogen-bond donors (Lipinski definition) is 1. The van der Waals surface area contributed by atoms with Crippen LogP contribution in [0, 0.1) is 0 Å². The normalized spacial score (nSPS) is 10.7. The number of allylic oxidation sites excluding steroid dienone is 1. The summed E-state index contributed by atoms with van der Waals surface area (Å²) in [4.78, 5) is 10.2. The molecule has 0 spiro atoms. The van der Waals surface area contributed by atoms with Crippen molar-refractivity contribution in [1.29, 1.82) is 0 Å². The Kier molecular flexibility index (Phi) is 21.6. The van der Waals surface area contributed by atoms with Crippen molar-refractivity contribution in [3.05, 3.63) is 12.2 Å². The zero-order valence-electron chi connectivity index (χ0n) is 13.7. The minimum atomic E-state index is -0.834. The molecule has 0 saturated carbocycles. The minimum absolute atomic E-state index is 0. The van der Waals surface area contributed by atoms with Crippen LogP contribution < -0.4 is 0 Å². The third-order valence-corrected chi connectivity index (χ3v) is 3.73. The predicted octanol–water partition coefficient (Wildman–Crippen LogP) is 6.11. The maximum absolute atomic E-state index is 10.2. The molecule has 0 aliphatic heterocycles. The Morgan fingerprint density at radius 2 is 1.14 bits per heavy atom. The second-order valence-electron chi connectivity index (χ2n) is 5.77. The zero-order chi connectivity index (χ0) is 14.9. The molecule has 0 aliphatic rings. The molecule has 0 aromatic heterocycles. The monoisotopic (exact) mass is 345 g/mol. The summed E-state index contributed by atoms with van der Waals surface area (Å²) in [5.74, 6) is -0.834. The Labute approximate surface area is 142 Å². The quantitative estimate of drug-likeness (QED) is 0.221. The number of rotatable bonds is 15. The van der Waals surface area contributed by atoms with Crippen LogP contribution in [0.15, 0.2) is 12.2 Å². The molecule has 1 N–H and O–H groups in total. The fraction of sp³-hybridized carbons (Fsp3) is 0.833. The first kappa shape index (κ1) is 23.0. The van der Waals surface area contributed by atoms with Crippen molar-refractivity contribution >= 4 is 5.97 Å². The summed E-state index contributed by atoms with van der Waals surface area (Å²) < 4.78 is 0. The second-order valence-corrected chi connectivity index (χ2v) is 5.77. The first-order valence-electron chi connectivity index (χ1n) is 8.67. The molecule has 0 amide bonds. The number of aliphatic carboxylic acids is 1. The molecule has 3 heteroatoms. The molecule has 0 aromatic rings. The van der Waals surface area contributed by atoms with Gasteiger partial charge in [-0.3, -0.25) is 0 Å². The van der Waals surface area contributed by atoms with E-state index in [0.717, 1.165) is 12.8 Å². The zero-order valence-corrected chi connectivity index (χ0v) is 14.7. The van der Waals surface area contributed by atoms with Crippen molar-refractivity contribution in [3.63, 3.8) is 0 Å². The van der Waals surface area contributed by atoms with E-state index in [0.29, 0.717) is 0 Å². The number of carboxylic acids is 1. The van der Waals surface area contributed by atoms with Gasteiger partial charge in [-0.25, -0.2) is 4.79 Å². The molecule has 0 aliphatic carbocycles. The number of unbranched alkanes of at least 4 members (excludes halogenated alkanes) is 13. The number of carboxylic acid groups (broad SMARTS) is 1. The van der Waals surface area contributed by atoms with Crippen LogP contribution in [0.3, 0.4) is 0 Å². The largest absolute Gasteiger partial charge is 0.478 e. The van der Waals surface area contributed by atoms with Crippen molar-refractivity contribution in [3.8, 4) is 0 Å². The van der Waals surface area contributed by atoms with E-state index < -0.39 is 5.97 Å². The fourth-order valence-corrected chi connectivity index (χ4v) is 2.46. The first-order valence-corrected chi connectivity index (χ1v) is 8.67. The van der Waals surface area contributed by atoms with Crippen LogP contribution in [-0.2, 0) is 21.9 Å². The van der Waals surface area contributed by atoms with Crippen LogP contribution in [0.5, 0.6) is 0 Å². The molecule has 0 saturated heterocycles. The van der Waals surface area contributed by atoms with Gasteiger partial charge in [0.25, 0.3) is 0 Å². The molecule has 0 unspecified atom stereocenters. The van der Waals surface area contributed by atoms with Gasteiger partial charge in [-0.15, -0.1) is 0 Å². The van der Waals surface area contributed by atoms with Gasteiger partial charge in [0.05, 0.1) is 0 Å². The molecular weight excluding hydrogens is 312 g/mol. The van der Waals surface area contributed by atoms with E-state index in [1.165, 1.54) is 83.1 Å². The standard InChI is InChI=1S/C18H34O2.Cu/c1-2-3-4-5-6-7-8-9-10-11-12-13-14-15-16-17-18(19)20;/h16-17H,2-15H2,1H3,(H,19,20);/b17-16+;. The van der Waals surface area contributed by atoms with Crippen molar-refractivity contribution in [1.82, 2.24) is 0 Å². The maximum Gasteiger partial charge on any atom is 0.327 e. The Hall–Kier alpha value is -0.271. The van der Waals surface area contributed by atoms with Gasteiger partial charge >= 0.3 is 5.97 Å². The van der Waals surface area contributed by atoms with Gasteiger partial charge in [0.1, 0.15) is 0 Å². The average Bonchev–Trinajstić information content (AvgIpc) is 2.43. The summed E-state index contributed by atoms with van der Waals surface area (Å²) in [6.07, 6.45) is 21.6. The molecule has 0 fully saturated rings. The van der Waals surface area contributed by atoms with Gasteiger partial charge in [0, 0.05) is 23.1 Å². The summed E-state index contributed by atoms with van der Waals surface area (Å²) in [6, 6.07) is 0. The van der Waals surface area contributed by atoms with Gasteiger partial charge in [-0.2, -0.15) is 0 Å². The van der Waals surface area contributed by atoms with E-state index in [1.807, 2.05) is 0 Å². The molecule has 21 heavy (non-hydrogen) atoms. The van der Waals surface area contributed by atoms with Gasteiger partial charge in [-0.05, 0) is 12.8 Å². The first-order chi connectivity index (χ1) is 9.77. The van der Waals surface area contributed by atoms with Gasteiger partial charge in [-0.1, -0.05) is 90.0 Å². The second kappa shape index (κ2) is 19.7. The van der Waals surface area contributed by atoms with Crippen LogP contribution in [0.1, 0.15) is 96.8 Å². The topological polar surface area (TPSA) is 37.3 Å². The Morgan fingerprint density at radius 3 is 1.52 bits per heavy atom. The van der Waals surface area contributed by atoms with Crippen molar-refractivity contribution in [2.45, 2.75) is 96.8 Å². The SMILES string of the molecule is CCCCCCCCCCCCCCC/C=C/C(=O)O.[Cu]. The third kappa shape index (κ3) is 22.2. The third-order valence-electron chi connectivity index (χ3n) is 3.73. The van der Waals surface area contributed by atoms with Crippen LogP contribution in [0.2, 0.25) is 0 Å². The van der Waals surface area contributed by atoms with E-state index >= 15 is 0 Å². The Bertz CT molecular complexity index is 239. The van der Waals surface area contributed by atoms with E-state index in [1.54, 1.807) is 6.08 Å². The molecule has 129 valence electrons. The van der Waals surface area contributed by atoms with Crippen molar-refractivity contribution in [2.75, 3.05) is 0 Å². The van der Waals surface area contributed by atoms with Crippen molar-refractivity contribution in [2.24, 2.45) is 0 Å². The molecular formula is C18H34CuO2. The van der Waals surface area contributed by atoms with E-state index in [-0.39, 0.29) is 17.1 Å². The molecule has 0 heterocycles. The predicted molar refractivity (Wildman–Crippen MR) is 87.1 cm³/mol. The molecule has 1 radical (unpaired) electrons. The van der Waals surface area contributed by atoms with Gasteiger partial charge in [0.15, 0.2) is 0 Å². The summed E-state index contributed by atoms with van der Waals surface area (Å²) in [7, 11) is 0. The molecule has 2 nitrogen and oxygen atoms in total. The summed E-state index contributed by atoms with van der Waals surface area (Å²) in [5.41, 5.74) is 0. The molecule has 0 bridgehead atoms. The number of carbonyl (C=O) groups is 1. The summed E-state index contributed by atoms with van der Waals surface area (Å²) in [6.45, 7) is 2.27. The summed E-state index contributed by atoms with van der Waals surface area (Å²) >= 11 is 0. The molecule has 0 rings (SSSR count). The van der Waals surface area contributed by atoms with Gasteiger partial charge < -0.3 is 5.11 Å². The van der Waals surface area contributed by atoms with E-state index in [9.17, 15) is 4.79 Å². The van der Waals surface area contributed by atoms with E-state index in [2.05, 4.69) is 6.92 Å². The summed E-state index contributed by atoms with van der Waals surface area (Å²) in [5, 5.41) is 8.43.